The van der Waals surface area contributed by atoms with Gasteiger partial charge in [0.25, 0.3) is 0 Å². The Balaban J connectivity index is 1.29. The predicted molar refractivity (Wildman–Crippen MR) is 165 cm³/mol. The van der Waals surface area contributed by atoms with Crippen molar-refractivity contribution in [3.8, 4) is 17.0 Å². The summed E-state index contributed by atoms with van der Waals surface area (Å²) in [6, 6.07) is 20.6. The molecule has 1 fully saturated rings. The first-order chi connectivity index (χ1) is 20.7. The molecule has 2 heterocycles. The van der Waals surface area contributed by atoms with Crippen molar-refractivity contribution in [2.24, 2.45) is 11.8 Å². The summed E-state index contributed by atoms with van der Waals surface area (Å²) in [5.74, 6) is -1.37. The summed E-state index contributed by atoms with van der Waals surface area (Å²) in [5.41, 5.74) is 2.90. The predicted octanol–water partition coefficient (Wildman–Crippen LogP) is 6.56. The van der Waals surface area contributed by atoms with E-state index in [-0.39, 0.29) is 35.0 Å². The van der Waals surface area contributed by atoms with Crippen LogP contribution in [0.1, 0.15) is 40.5 Å². The molecule has 4 aromatic rings. The monoisotopic (exact) mass is 638 g/mol. The number of fused-ring (bicyclic) bond motifs is 2. The topological polar surface area (TPSA) is 103 Å². The van der Waals surface area contributed by atoms with Crippen LogP contribution in [0.3, 0.4) is 0 Å². The Morgan fingerprint density at radius 1 is 0.907 bits per heavy atom. The SMILES string of the molecule is COc1ccc(C(=O)[C@H](C)OC(=O)c2cc(-c3ccc(N4C(=O)[C@@H]5CC=CC[C@H]5C4=O)cc3)nc3ccc(Br)cc23)cc1. The van der Waals surface area contributed by atoms with E-state index in [0.717, 1.165) is 4.47 Å². The molecule has 0 unspecified atom stereocenters. The van der Waals surface area contributed by atoms with Crippen LogP contribution < -0.4 is 9.64 Å². The Labute approximate surface area is 256 Å². The molecule has 1 aliphatic carbocycles. The number of halogens is 1. The van der Waals surface area contributed by atoms with E-state index in [0.29, 0.717) is 52.0 Å². The van der Waals surface area contributed by atoms with Gasteiger partial charge in [-0.2, -0.15) is 0 Å². The highest BCUT2D eigenvalue weighted by Gasteiger charge is 2.47. The zero-order valence-corrected chi connectivity index (χ0v) is 25.0. The van der Waals surface area contributed by atoms with E-state index in [1.807, 2.05) is 18.2 Å². The quantitative estimate of drug-likeness (QED) is 0.0978. The molecule has 216 valence electrons. The van der Waals surface area contributed by atoms with Crippen molar-refractivity contribution in [1.82, 2.24) is 4.98 Å². The normalized spacial score (nSPS) is 18.4. The zero-order valence-electron chi connectivity index (χ0n) is 23.5. The number of ketones is 1. The van der Waals surface area contributed by atoms with Gasteiger partial charge in [-0.3, -0.25) is 19.3 Å². The first-order valence-corrected chi connectivity index (χ1v) is 14.7. The number of nitrogens with zero attached hydrogens (tertiary/aromatic N) is 2. The molecule has 3 aromatic carbocycles. The summed E-state index contributed by atoms with van der Waals surface area (Å²) in [6.07, 6.45) is 4.03. The molecule has 0 saturated carbocycles. The highest BCUT2D eigenvalue weighted by molar-refractivity contribution is 9.10. The fraction of sp³-hybridized carbons (Fsp3) is 0.206. The van der Waals surface area contributed by atoms with Crippen molar-refractivity contribution in [2.75, 3.05) is 12.0 Å². The minimum atomic E-state index is -1.03. The highest BCUT2D eigenvalue weighted by atomic mass is 79.9. The minimum Gasteiger partial charge on any atom is -0.497 e. The minimum absolute atomic E-state index is 0.176. The molecule has 0 bridgehead atoms. The molecule has 6 rings (SSSR count). The number of hydrogen-bond donors (Lipinski definition) is 0. The molecule has 0 spiro atoms. The molecule has 2 aliphatic rings. The molecule has 43 heavy (non-hydrogen) atoms. The van der Waals surface area contributed by atoms with Crippen LogP contribution in [0.4, 0.5) is 5.69 Å². The summed E-state index contributed by atoms with van der Waals surface area (Å²) in [5, 5.41) is 0.563. The summed E-state index contributed by atoms with van der Waals surface area (Å²) in [6.45, 7) is 1.54. The Morgan fingerprint density at radius 2 is 1.56 bits per heavy atom. The van der Waals surface area contributed by atoms with Gasteiger partial charge in [0.05, 0.1) is 41.4 Å². The maximum atomic E-state index is 13.5. The van der Waals surface area contributed by atoms with Gasteiger partial charge >= 0.3 is 5.97 Å². The van der Waals surface area contributed by atoms with Crippen LogP contribution in [0.15, 0.2) is 89.4 Å². The second-order valence-corrected chi connectivity index (χ2v) is 11.5. The van der Waals surface area contributed by atoms with Gasteiger partial charge in [0.1, 0.15) is 5.75 Å². The van der Waals surface area contributed by atoms with Crippen molar-refractivity contribution in [1.29, 1.82) is 0 Å². The average Bonchev–Trinajstić information content (AvgIpc) is 3.29. The third kappa shape index (κ3) is 5.36. The number of hydrogen-bond acceptors (Lipinski definition) is 7. The van der Waals surface area contributed by atoms with E-state index in [1.54, 1.807) is 73.8 Å². The first-order valence-electron chi connectivity index (χ1n) is 13.9. The van der Waals surface area contributed by atoms with Crippen molar-refractivity contribution in [3.63, 3.8) is 0 Å². The van der Waals surface area contributed by atoms with Gasteiger partial charge in [-0.25, -0.2) is 9.78 Å². The van der Waals surface area contributed by atoms with Crippen LogP contribution in [-0.2, 0) is 14.3 Å². The van der Waals surface area contributed by atoms with Gasteiger partial charge in [0.15, 0.2) is 6.10 Å². The number of Topliss-reactive ketones (excluding diaryl/α,β-unsaturated/α-hetero) is 1. The maximum Gasteiger partial charge on any atom is 0.339 e. The number of rotatable bonds is 7. The van der Waals surface area contributed by atoms with Gasteiger partial charge in [-0.15, -0.1) is 0 Å². The highest BCUT2D eigenvalue weighted by Crippen LogP contribution is 2.38. The lowest BCUT2D eigenvalue weighted by Crippen LogP contribution is -2.30. The summed E-state index contributed by atoms with van der Waals surface area (Å²) in [7, 11) is 1.54. The average molecular weight is 640 g/mol. The standard InChI is InChI=1S/C34H27BrN2O6/c1-19(31(38)21-9-14-24(42-2)15-10-21)43-34(41)28-18-30(36-29-16-11-22(35)17-27(28)29)20-7-12-23(13-8-20)37-32(39)25-5-3-4-6-26(25)33(37)40/h3-4,7-19,25-26H,5-6H2,1-2H3/t19-,25+,26+/m0/s1. The molecule has 1 aromatic heterocycles. The van der Waals surface area contributed by atoms with Crippen molar-refractivity contribution in [3.05, 3.63) is 101 Å². The van der Waals surface area contributed by atoms with Crippen molar-refractivity contribution >= 4 is 56.1 Å². The molecule has 9 heteroatoms. The van der Waals surface area contributed by atoms with Crippen LogP contribution >= 0.6 is 15.9 Å². The number of carbonyl (C=O) groups is 4. The van der Waals surface area contributed by atoms with E-state index < -0.39 is 12.1 Å². The van der Waals surface area contributed by atoms with E-state index in [9.17, 15) is 19.2 Å². The number of allylic oxidation sites excluding steroid dienone is 2. The Kier molecular flexibility index (Phi) is 7.66. The van der Waals surface area contributed by atoms with Crippen molar-refractivity contribution < 1.29 is 28.7 Å². The number of esters is 1. The molecule has 1 aliphatic heterocycles. The van der Waals surface area contributed by atoms with Crippen LogP contribution in [-0.4, -0.2) is 41.8 Å². The third-order valence-corrected chi connectivity index (χ3v) is 8.44. The van der Waals surface area contributed by atoms with E-state index in [2.05, 4.69) is 15.9 Å². The Bertz CT molecular complexity index is 1770. The van der Waals surface area contributed by atoms with Gasteiger partial charge in [-0.1, -0.05) is 40.2 Å². The largest absolute Gasteiger partial charge is 0.497 e. The fourth-order valence-corrected chi connectivity index (χ4v) is 5.98. The van der Waals surface area contributed by atoms with Crippen molar-refractivity contribution in [2.45, 2.75) is 25.9 Å². The van der Waals surface area contributed by atoms with E-state index >= 15 is 0 Å². The fourth-order valence-electron chi connectivity index (χ4n) is 5.62. The van der Waals surface area contributed by atoms with Crippen LogP contribution in [0.2, 0.25) is 0 Å². The van der Waals surface area contributed by atoms with Gasteiger partial charge in [-0.05, 0) is 80.4 Å². The maximum absolute atomic E-state index is 13.5. The van der Waals surface area contributed by atoms with Gasteiger partial charge < -0.3 is 9.47 Å². The number of imide groups is 1. The summed E-state index contributed by atoms with van der Waals surface area (Å²) >= 11 is 3.46. The lowest BCUT2D eigenvalue weighted by atomic mass is 9.85. The lowest BCUT2D eigenvalue weighted by molar-refractivity contribution is -0.122. The molecule has 1 saturated heterocycles. The van der Waals surface area contributed by atoms with E-state index in [4.69, 9.17) is 14.5 Å². The lowest BCUT2D eigenvalue weighted by Gasteiger charge is -2.16. The number of aromatic nitrogens is 1. The molecule has 0 radical (unpaired) electrons. The molecule has 8 nitrogen and oxygen atoms in total. The first kappa shape index (κ1) is 28.5. The zero-order chi connectivity index (χ0) is 30.2. The summed E-state index contributed by atoms with van der Waals surface area (Å²) < 4.78 is 11.6. The number of benzene rings is 3. The molecule has 2 amide bonds. The molecule has 3 atom stereocenters. The summed E-state index contributed by atoms with van der Waals surface area (Å²) in [4.78, 5) is 58.6. The van der Waals surface area contributed by atoms with Crippen LogP contribution in [0.25, 0.3) is 22.2 Å². The third-order valence-electron chi connectivity index (χ3n) is 7.95. The Hall–Kier alpha value is -4.63. The smallest absolute Gasteiger partial charge is 0.339 e. The van der Waals surface area contributed by atoms with Crippen LogP contribution in [0, 0.1) is 11.8 Å². The van der Waals surface area contributed by atoms with E-state index in [1.165, 1.54) is 11.8 Å². The second kappa shape index (κ2) is 11.6. The number of ether oxygens (including phenoxy) is 2. The Morgan fingerprint density at radius 3 is 2.19 bits per heavy atom. The van der Waals surface area contributed by atoms with Gasteiger partial charge in [0.2, 0.25) is 17.6 Å². The number of amides is 2. The van der Waals surface area contributed by atoms with Crippen LogP contribution in [0.5, 0.6) is 5.75 Å². The number of pyridine rings is 1. The number of carbonyl (C=O) groups excluding carboxylic acids is 4. The molecular formula is C34H27BrN2O6. The number of methoxy groups -OCH3 is 1. The van der Waals surface area contributed by atoms with Gasteiger partial charge in [0, 0.05) is 21.0 Å². The number of anilines is 1. The second-order valence-electron chi connectivity index (χ2n) is 10.6. The molecule has 0 N–H and O–H groups in total. The molecular weight excluding hydrogens is 612 g/mol.